The van der Waals surface area contributed by atoms with E-state index in [0.717, 1.165) is 35.3 Å². The molecule has 6 nitrogen and oxygen atoms in total. The van der Waals surface area contributed by atoms with Gasteiger partial charge in [-0.15, -0.1) is 11.3 Å². The number of aliphatic carboxylic acids is 1. The van der Waals surface area contributed by atoms with Gasteiger partial charge in [0, 0.05) is 10.3 Å². The third kappa shape index (κ3) is 6.74. The zero-order valence-corrected chi connectivity index (χ0v) is 24.1. The Hall–Kier alpha value is -1.71. The maximum Gasteiger partial charge on any atom is 0.314 e. The summed E-state index contributed by atoms with van der Waals surface area (Å²) < 4.78 is 25.9. The van der Waals surface area contributed by atoms with Gasteiger partial charge in [0.2, 0.25) is 8.87 Å². The predicted molar refractivity (Wildman–Crippen MR) is 146 cm³/mol. The number of rotatable bonds is 12. The molecular formula is C26H37NO5S3. The van der Waals surface area contributed by atoms with Crippen LogP contribution >= 0.6 is 22.1 Å². The largest absolute Gasteiger partial charge is 0.481 e. The number of nitroso groups, excluding NO2 is 1. The first-order chi connectivity index (χ1) is 16.2. The molecule has 1 aromatic heterocycles. The smallest absolute Gasteiger partial charge is 0.314 e. The molecule has 0 fully saturated rings. The van der Waals surface area contributed by atoms with Crippen LogP contribution in [0.5, 0.6) is 0 Å². The molecule has 1 heterocycles. The van der Waals surface area contributed by atoms with Crippen LogP contribution in [0.15, 0.2) is 33.7 Å². The summed E-state index contributed by atoms with van der Waals surface area (Å²) in [5.74, 6) is -1.64. The maximum atomic E-state index is 12.8. The van der Waals surface area contributed by atoms with Gasteiger partial charge in [0.25, 0.3) is 0 Å². The molecule has 1 N–H and O–H groups in total. The Balaban J connectivity index is 2.43. The van der Waals surface area contributed by atoms with Crippen molar-refractivity contribution in [3.05, 3.63) is 56.3 Å². The molecule has 0 saturated carbocycles. The molecule has 0 aliphatic carbocycles. The SMILES string of the molecule is CCC(CC)(c1ccc(CCC(N=O)C(C)(C)C)c(C)c1)c1cc(C)c(S(=O)(=O)SCC(=O)O)s1. The highest BCUT2D eigenvalue weighted by Gasteiger charge is 2.35. The molecule has 1 aromatic carbocycles. The van der Waals surface area contributed by atoms with Gasteiger partial charge >= 0.3 is 5.97 Å². The minimum Gasteiger partial charge on any atom is -0.481 e. The van der Waals surface area contributed by atoms with E-state index in [0.29, 0.717) is 22.8 Å². The fraction of sp³-hybridized carbons (Fsp3) is 0.577. The lowest BCUT2D eigenvalue weighted by Crippen LogP contribution is -2.25. The van der Waals surface area contributed by atoms with Crippen molar-refractivity contribution in [2.45, 2.75) is 89.8 Å². The molecule has 0 radical (unpaired) electrons. The van der Waals surface area contributed by atoms with Crippen molar-refractivity contribution in [2.24, 2.45) is 10.6 Å². The van der Waals surface area contributed by atoms with Gasteiger partial charge in [-0.25, -0.2) is 8.42 Å². The van der Waals surface area contributed by atoms with Crippen LogP contribution in [-0.4, -0.2) is 31.3 Å². The second kappa shape index (κ2) is 11.6. The van der Waals surface area contributed by atoms with Crippen molar-refractivity contribution in [3.8, 4) is 0 Å². The molecule has 9 heteroatoms. The Kier molecular flexibility index (Phi) is 9.75. The monoisotopic (exact) mass is 539 g/mol. The fourth-order valence-corrected chi connectivity index (χ4v) is 9.46. The third-order valence-electron chi connectivity index (χ3n) is 6.82. The van der Waals surface area contributed by atoms with Gasteiger partial charge in [0.1, 0.15) is 9.96 Å². The maximum absolute atomic E-state index is 12.8. The standard InChI is InChI=1S/C26H37NO5S3/c1-8-26(9-2,22-15-18(4)24(34-22)35(31,32)33-16-23(28)29)20-12-10-19(17(3)14-20)11-13-21(27-30)25(5,6)7/h10,12,14-15,21H,8-9,11,13,16H2,1-7H3,(H,28,29). The van der Waals surface area contributed by atoms with Gasteiger partial charge in [0.05, 0.1) is 6.04 Å². The molecule has 1 atom stereocenters. The van der Waals surface area contributed by atoms with Crippen molar-refractivity contribution in [2.75, 3.05) is 5.75 Å². The van der Waals surface area contributed by atoms with E-state index in [9.17, 15) is 18.1 Å². The number of hydrogen-bond acceptors (Lipinski definition) is 7. The summed E-state index contributed by atoms with van der Waals surface area (Å²) in [4.78, 5) is 23.2. The number of aryl methyl sites for hydroxylation is 3. The third-order valence-corrected chi connectivity index (χ3v) is 12.5. The molecule has 194 valence electrons. The first-order valence-electron chi connectivity index (χ1n) is 11.9. The number of hydrogen-bond donors (Lipinski definition) is 1. The average molecular weight is 540 g/mol. The number of thiophene rings is 1. The zero-order valence-electron chi connectivity index (χ0n) is 21.7. The highest BCUT2D eigenvalue weighted by Crippen LogP contribution is 2.46. The molecule has 0 amide bonds. The van der Waals surface area contributed by atoms with Crippen LogP contribution in [-0.2, 0) is 25.5 Å². The van der Waals surface area contributed by atoms with E-state index in [2.05, 4.69) is 44.1 Å². The van der Waals surface area contributed by atoms with Crippen molar-refractivity contribution in [3.63, 3.8) is 0 Å². The van der Waals surface area contributed by atoms with Gasteiger partial charge in [-0.3, -0.25) is 4.79 Å². The molecule has 2 rings (SSSR count). The summed E-state index contributed by atoms with van der Waals surface area (Å²) >= 11 is 1.25. The topological polar surface area (TPSA) is 101 Å². The quantitative estimate of drug-likeness (QED) is 0.228. The van der Waals surface area contributed by atoms with Crippen LogP contribution in [0.3, 0.4) is 0 Å². The van der Waals surface area contributed by atoms with E-state index in [1.54, 1.807) is 6.92 Å². The number of carboxylic acid groups (broad SMARTS) is 1. The van der Waals surface area contributed by atoms with Crippen LogP contribution in [0.25, 0.3) is 0 Å². The van der Waals surface area contributed by atoms with Crippen LogP contribution in [0, 0.1) is 24.2 Å². The summed E-state index contributed by atoms with van der Waals surface area (Å²) in [7, 11) is -3.29. The average Bonchev–Trinajstić information content (AvgIpc) is 3.17. The van der Waals surface area contributed by atoms with Gasteiger partial charge in [0.15, 0.2) is 0 Å². The Labute approximate surface area is 217 Å². The van der Waals surface area contributed by atoms with E-state index in [-0.39, 0.29) is 21.1 Å². The molecule has 0 aliphatic heterocycles. The predicted octanol–water partition coefficient (Wildman–Crippen LogP) is 7.09. The lowest BCUT2D eigenvalue weighted by atomic mass is 9.73. The highest BCUT2D eigenvalue weighted by atomic mass is 33.1. The van der Waals surface area contributed by atoms with E-state index < -0.39 is 20.6 Å². The van der Waals surface area contributed by atoms with E-state index in [1.165, 1.54) is 16.9 Å². The molecule has 0 spiro atoms. The van der Waals surface area contributed by atoms with Gasteiger partial charge in [-0.1, -0.05) is 58.0 Å². The lowest BCUT2D eigenvalue weighted by Gasteiger charge is -2.32. The number of carbonyl (C=O) groups is 1. The minimum atomic E-state index is -3.75. The molecule has 2 aromatic rings. The van der Waals surface area contributed by atoms with Crippen LogP contribution in [0.1, 0.15) is 81.0 Å². The lowest BCUT2D eigenvalue weighted by molar-refractivity contribution is -0.133. The first kappa shape index (κ1) is 29.5. The van der Waals surface area contributed by atoms with Crippen molar-refractivity contribution in [1.29, 1.82) is 0 Å². The summed E-state index contributed by atoms with van der Waals surface area (Å²) in [5, 5.41) is 12.3. The Morgan fingerprint density at radius 3 is 2.23 bits per heavy atom. The number of nitrogens with zero attached hydrogens (tertiary/aromatic N) is 1. The van der Waals surface area contributed by atoms with Gasteiger partial charge in [-0.2, -0.15) is 4.91 Å². The van der Waals surface area contributed by atoms with E-state index in [4.69, 9.17) is 5.11 Å². The van der Waals surface area contributed by atoms with Gasteiger partial charge < -0.3 is 5.11 Å². The van der Waals surface area contributed by atoms with Crippen molar-refractivity contribution >= 4 is 37.0 Å². The first-order valence-corrected chi connectivity index (χ1v) is 15.7. The fourth-order valence-electron chi connectivity index (χ4n) is 4.49. The van der Waals surface area contributed by atoms with Crippen LogP contribution in [0.2, 0.25) is 0 Å². The Bertz CT molecular complexity index is 1160. The van der Waals surface area contributed by atoms with E-state index in [1.807, 2.05) is 26.8 Å². The minimum absolute atomic E-state index is 0.174. The normalized spacial score (nSPS) is 13.6. The molecule has 0 bridgehead atoms. The summed E-state index contributed by atoms with van der Waals surface area (Å²) in [6.07, 6.45) is 3.06. The van der Waals surface area contributed by atoms with Crippen molar-refractivity contribution < 1.29 is 18.3 Å². The Morgan fingerprint density at radius 2 is 1.74 bits per heavy atom. The van der Waals surface area contributed by atoms with Crippen LogP contribution in [0.4, 0.5) is 0 Å². The molecule has 0 aliphatic rings. The second-order valence-electron chi connectivity index (χ2n) is 10.1. The molecule has 1 unspecified atom stereocenters. The van der Waals surface area contributed by atoms with Crippen molar-refractivity contribution in [1.82, 2.24) is 0 Å². The molecule has 35 heavy (non-hydrogen) atoms. The summed E-state index contributed by atoms with van der Waals surface area (Å²) in [6.45, 7) is 14.2. The highest BCUT2D eigenvalue weighted by molar-refractivity contribution is 8.72. The van der Waals surface area contributed by atoms with E-state index >= 15 is 0 Å². The Morgan fingerprint density at radius 1 is 1.11 bits per heavy atom. The second-order valence-corrected chi connectivity index (χ2v) is 15.3. The summed E-state index contributed by atoms with van der Waals surface area (Å²) in [5.41, 5.74) is 3.59. The summed E-state index contributed by atoms with van der Waals surface area (Å²) in [6, 6.07) is 8.12. The molecule has 0 saturated heterocycles. The number of benzene rings is 1. The number of carboxylic acids is 1. The van der Waals surface area contributed by atoms with Gasteiger partial charge in [-0.05, 0) is 84.1 Å². The molecular weight excluding hydrogens is 502 g/mol. The van der Waals surface area contributed by atoms with Crippen LogP contribution < -0.4 is 0 Å². The zero-order chi connectivity index (χ0) is 26.6.